The molecule has 4 nitrogen and oxygen atoms in total. The first-order valence-electron chi connectivity index (χ1n) is 30.2. The number of methoxy groups -OCH3 is 2. The van der Waals surface area contributed by atoms with Gasteiger partial charge in [-0.05, 0) is 246 Å². The third-order valence-corrected chi connectivity index (χ3v) is 27.4. The van der Waals surface area contributed by atoms with Gasteiger partial charge in [0, 0.05) is 41.4 Å². The number of benzene rings is 2. The first-order valence-corrected chi connectivity index (χ1v) is 30.2. The number of allylic oxidation sites excluding steroid dienone is 14. The maximum atomic E-state index is 15.2. The average Bonchev–Trinajstić information content (AvgIpc) is 1.54. The normalized spacial score (nSPS) is 47.8. The van der Waals surface area contributed by atoms with E-state index < -0.39 is 34.3 Å². The highest BCUT2D eigenvalue weighted by atomic mass is 19.4. The van der Waals surface area contributed by atoms with Crippen LogP contribution in [0.2, 0.25) is 0 Å². The van der Waals surface area contributed by atoms with Gasteiger partial charge >= 0.3 is 24.3 Å². The van der Waals surface area contributed by atoms with E-state index in [1.807, 2.05) is 25.5 Å². The monoisotopic (exact) mass is 1060 g/mol. The molecule has 0 radical (unpaired) electrons. The van der Waals surface area contributed by atoms with Crippen molar-refractivity contribution in [3.8, 4) is 0 Å². The van der Waals surface area contributed by atoms with Crippen LogP contribution in [0.25, 0.3) is 0 Å². The molecule has 20 rings (SSSR count). The minimum atomic E-state index is -4.52. The summed E-state index contributed by atoms with van der Waals surface area (Å²) >= 11 is 0. The Morgan fingerprint density at radius 1 is 0.538 bits per heavy atom. The molecule has 0 saturated heterocycles. The van der Waals surface area contributed by atoms with E-state index in [1.165, 1.54) is 91.2 Å². The van der Waals surface area contributed by atoms with E-state index >= 15 is 26.3 Å². The van der Waals surface area contributed by atoms with Crippen LogP contribution >= 0.6 is 0 Å². The zero-order chi connectivity index (χ0) is 52.4. The zero-order valence-corrected chi connectivity index (χ0v) is 44.3. The third-order valence-electron chi connectivity index (χ3n) is 27.4. The lowest BCUT2D eigenvalue weighted by Crippen LogP contribution is -2.57. The summed E-state index contributed by atoms with van der Waals surface area (Å²) in [5, 5.41) is 0. The number of hydrogen-bond donors (Lipinski definition) is 0. The van der Waals surface area contributed by atoms with Gasteiger partial charge in [-0.25, -0.2) is 0 Å². The summed E-state index contributed by atoms with van der Waals surface area (Å²) in [5.41, 5.74) is 18.6. The van der Waals surface area contributed by atoms with Crippen molar-refractivity contribution in [2.24, 2.45) is 130 Å². The Morgan fingerprint density at radius 3 is 1.82 bits per heavy atom. The minimum absolute atomic E-state index is 0.155. The second-order valence-corrected chi connectivity index (χ2v) is 28.8. The summed E-state index contributed by atoms with van der Waals surface area (Å²) in [6.45, 7) is 3.63. The number of carbonyl (C=O) groups is 2. The quantitative estimate of drug-likeness (QED) is 0.135. The summed E-state index contributed by atoms with van der Waals surface area (Å²) in [6.07, 6.45) is 3.42. The SMILES string of the molecule is COC(=O)CCCC1(c2cc(C)cc(C(F)(F)F)c2)C2=C1C1=C3CCC4C5CCC6C7C8=C(C9C%10C=CC%11=C2C2C%12=C%11C%10C%10=C%11C%12C%12C(C12)C3C4C1C5C6C(C%11C%121)C7C%109)C8(CCCC(=O)OC)c1cc(C)cc(C(F)(F)F)c1. The molecule has 18 aliphatic rings. The van der Waals surface area contributed by atoms with E-state index in [0.717, 1.165) is 17.5 Å². The van der Waals surface area contributed by atoms with Gasteiger partial charge in [-0.1, -0.05) is 68.9 Å². The van der Waals surface area contributed by atoms with Crippen molar-refractivity contribution < 1.29 is 45.4 Å². The van der Waals surface area contributed by atoms with Gasteiger partial charge in [0.2, 0.25) is 0 Å². The second-order valence-electron chi connectivity index (χ2n) is 28.8. The molecule has 2 aromatic rings. The van der Waals surface area contributed by atoms with E-state index in [-0.39, 0.29) is 48.5 Å². The lowest BCUT2D eigenvalue weighted by atomic mass is 9.43. The molecule has 0 bridgehead atoms. The Morgan fingerprint density at radius 2 is 1.13 bits per heavy atom. The molecule has 9 saturated carbocycles. The maximum Gasteiger partial charge on any atom is 0.416 e. The molecule has 18 aliphatic carbocycles. The smallest absolute Gasteiger partial charge is 0.416 e. The summed E-state index contributed by atoms with van der Waals surface area (Å²) in [4.78, 5) is 26.1. The third kappa shape index (κ3) is 4.46. The molecule has 400 valence electrons. The second kappa shape index (κ2) is 13.4. The van der Waals surface area contributed by atoms with Crippen LogP contribution in [0.3, 0.4) is 0 Å². The lowest BCUT2D eigenvalue weighted by Gasteiger charge is -2.60. The number of esters is 2. The highest BCUT2D eigenvalue weighted by Crippen LogP contribution is 2.93. The first kappa shape index (κ1) is 44.8. The number of aryl methyl sites for hydroxylation is 2. The van der Waals surface area contributed by atoms with Gasteiger partial charge in [-0.15, -0.1) is 0 Å². The van der Waals surface area contributed by atoms with E-state index in [1.54, 1.807) is 27.9 Å². The maximum absolute atomic E-state index is 15.2. The Kier molecular flexibility index (Phi) is 7.70. The molecule has 0 amide bonds. The Labute approximate surface area is 450 Å². The van der Waals surface area contributed by atoms with Crippen molar-refractivity contribution in [3.63, 3.8) is 0 Å². The molecule has 2 aromatic carbocycles. The van der Waals surface area contributed by atoms with Gasteiger partial charge < -0.3 is 9.47 Å². The Bertz CT molecular complexity index is 3630. The van der Waals surface area contributed by atoms with Crippen LogP contribution in [0.4, 0.5) is 26.3 Å². The number of hydrogen-bond acceptors (Lipinski definition) is 4. The largest absolute Gasteiger partial charge is 0.469 e. The highest BCUT2D eigenvalue weighted by Gasteiger charge is 2.87. The molecule has 24 unspecified atom stereocenters. The summed E-state index contributed by atoms with van der Waals surface area (Å²) in [5.74, 6) is 9.77. The average molecular weight is 1060 g/mol. The molecule has 10 heteroatoms. The van der Waals surface area contributed by atoms with Gasteiger partial charge in [0.15, 0.2) is 0 Å². The van der Waals surface area contributed by atoms with Crippen molar-refractivity contribution in [2.75, 3.05) is 14.2 Å². The molecule has 0 aliphatic heterocycles. The predicted octanol–water partition coefficient (Wildman–Crippen LogP) is 13.9. The van der Waals surface area contributed by atoms with Crippen LogP contribution < -0.4 is 0 Å². The van der Waals surface area contributed by atoms with Crippen molar-refractivity contribution >= 4 is 11.9 Å². The topological polar surface area (TPSA) is 52.6 Å². The van der Waals surface area contributed by atoms with Crippen molar-refractivity contribution in [1.82, 2.24) is 0 Å². The van der Waals surface area contributed by atoms with Crippen LogP contribution in [0.5, 0.6) is 0 Å². The van der Waals surface area contributed by atoms with Gasteiger partial charge in [0.05, 0.1) is 25.3 Å². The van der Waals surface area contributed by atoms with Crippen LogP contribution in [-0.4, -0.2) is 26.2 Å². The summed E-state index contributed by atoms with van der Waals surface area (Å²) < 4.78 is 102. The molecular weight excluding hydrogens is 995 g/mol. The van der Waals surface area contributed by atoms with Crippen LogP contribution in [0, 0.1) is 144 Å². The molecule has 0 spiro atoms. The number of fused-ring (bicyclic) bond motifs is 7. The van der Waals surface area contributed by atoms with Crippen LogP contribution in [0.15, 0.2) is 115 Å². The molecule has 78 heavy (non-hydrogen) atoms. The number of rotatable bonds is 10. The van der Waals surface area contributed by atoms with Gasteiger partial charge in [-0.3, -0.25) is 9.59 Å². The fourth-order valence-corrected chi connectivity index (χ4v) is 27.1. The lowest BCUT2D eigenvalue weighted by molar-refractivity contribution is -0.141. The molecule has 0 heterocycles. The van der Waals surface area contributed by atoms with Gasteiger partial charge in [0.1, 0.15) is 0 Å². The first-order chi connectivity index (χ1) is 37.6. The van der Waals surface area contributed by atoms with E-state index in [4.69, 9.17) is 9.47 Å². The van der Waals surface area contributed by atoms with Gasteiger partial charge in [-0.2, -0.15) is 26.3 Å². The molecule has 24 atom stereocenters. The fourth-order valence-electron chi connectivity index (χ4n) is 27.1. The Balaban J connectivity index is 0.861. The van der Waals surface area contributed by atoms with E-state index in [0.29, 0.717) is 143 Å². The number of carbonyl (C=O) groups excluding carboxylic acids is 2. The fraction of sp³-hybridized carbons (Fsp3) is 0.588. The predicted molar refractivity (Wildman–Crippen MR) is 274 cm³/mol. The number of halogens is 6. The van der Waals surface area contributed by atoms with Crippen molar-refractivity contribution in [1.29, 1.82) is 0 Å². The molecule has 9 fully saturated rings. The van der Waals surface area contributed by atoms with Crippen molar-refractivity contribution in [3.05, 3.63) is 149 Å². The minimum Gasteiger partial charge on any atom is -0.469 e. The van der Waals surface area contributed by atoms with Crippen LogP contribution in [-0.2, 0) is 42.2 Å². The van der Waals surface area contributed by atoms with E-state index in [9.17, 15) is 9.59 Å². The standard InChI is InChI=1S/C68H62F6O4/c1-23-17-25(21-27(19-23)67(69,70)71)65(15-5-7-35(75)77-3)61-43-31-11-9-29-30-10-12-32-40-38(30)47-37(29)39(31)48-52(43)54-45(63(61)65)33-13-14-34-42-41(33)50(54)59-57(48)56(47)58-49(40)53-44(32)62-64(46(34)55(53)51(42)60(58)59)66(62,16-6-8-36(76)78-4)26-18-24(2)20-28(22-26)68(72,73)74/h13-14,17-22,29-31,33,37-41,43,45,47-49,52-58,60H,5-12,15-16H2,1-4H3. The molecule has 0 N–H and O–H groups in total. The van der Waals surface area contributed by atoms with Crippen LogP contribution in [0.1, 0.15) is 97.6 Å². The summed E-state index contributed by atoms with van der Waals surface area (Å²) in [7, 11) is 2.85. The zero-order valence-electron chi connectivity index (χ0n) is 44.3. The summed E-state index contributed by atoms with van der Waals surface area (Å²) in [6, 6.07) is 9.72. The molecule has 0 aromatic heterocycles. The number of ether oxygens (including phenoxy) is 2. The van der Waals surface area contributed by atoms with Gasteiger partial charge in [0.25, 0.3) is 0 Å². The molecular formula is C68H62F6O4. The van der Waals surface area contributed by atoms with Crippen molar-refractivity contribution in [2.45, 2.75) is 101 Å². The highest BCUT2D eigenvalue weighted by molar-refractivity contribution is 5.88. The van der Waals surface area contributed by atoms with E-state index in [2.05, 4.69) is 18.2 Å². The number of alkyl halides is 6. The Hall–Kier alpha value is -4.86.